The van der Waals surface area contributed by atoms with Gasteiger partial charge in [0.05, 0.1) is 11.6 Å². The van der Waals surface area contributed by atoms with Crippen LogP contribution in [-0.4, -0.2) is 51.9 Å². The Labute approximate surface area is 167 Å². The van der Waals surface area contributed by atoms with Crippen molar-refractivity contribution in [1.29, 1.82) is 0 Å². The first-order chi connectivity index (χ1) is 13.1. The summed E-state index contributed by atoms with van der Waals surface area (Å²) in [5.41, 5.74) is 4.65. The Balaban J connectivity index is 2.21. The summed E-state index contributed by atoms with van der Waals surface area (Å²) in [6.07, 6.45) is -1.56. The lowest BCUT2D eigenvalue weighted by atomic mass is 9.72. The fourth-order valence-electron chi connectivity index (χ4n) is 3.92. The summed E-state index contributed by atoms with van der Waals surface area (Å²) in [5, 5.41) is 10.0. The van der Waals surface area contributed by atoms with E-state index in [1.54, 1.807) is 20.8 Å². The Kier molecular flexibility index (Phi) is 5.60. The molecule has 2 aliphatic rings. The molecule has 1 amide bonds. The Bertz CT molecular complexity index is 799. The van der Waals surface area contributed by atoms with Crippen LogP contribution in [0, 0.1) is 11.7 Å². The molecular weight excluding hydrogens is 388 g/mol. The average molecular weight is 413 g/mol. The number of hydrogen-bond donors (Lipinski definition) is 2. The van der Waals surface area contributed by atoms with Gasteiger partial charge < -0.3 is 15.6 Å². The number of nitrogens with zero attached hydrogens (tertiary/aromatic N) is 2. The van der Waals surface area contributed by atoms with Gasteiger partial charge in [-0.2, -0.15) is 0 Å². The van der Waals surface area contributed by atoms with Gasteiger partial charge in [-0.25, -0.2) is 18.6 Å². The van der Waals surface area contributed by atoms with Crippen LogP contribution in [0.2, 0.25) is 0 Å². The SMILES string of the molecule is CC(C)(C)N(C(=O)O)C1=N[C@@]2(c3cc(N)ccc3F)CCO[C@H](CF)[C@H]2CS1. The highest BCUT2D eigenvalue weighted by Crippen LogP contribution is 2.50. The Hall–Kier alpha value is -1.87. The second-order valence-electron chi connectivity index (χ2n) is 8.08. The first kappa shape index (κ1) is 20.9. The van der Waals surface area contributed by atoms with Gasteiger partial charge >= 0.3 is 6.09 Å². The summed E-state index contributed by atoms with van der Waals surface area (Å²) in [7, 11) is 0. The molecule has 0 radical (unpaired) electrons. The van der Waals surface area contributed by atoms with Crippen molar-refractivity contribution in [2.75, 3.05) is 24.8 Å². The van der Waals surface area contributed by atoms with Crippen LogP contribution in [0.25, 0.3) is 0 Å². The van der Waals surface area contributed by atoms with Crippen LogP contribution in [0.4, 0.5) is 19.3 Å². The van der Waals surface area contributed by atoms with Gasteiger partial charge in [0.1, 0.15) is 12.5 Å². The van der Waals surface area contributed by atoms with E-state index >= 15 is 0 Å². The van der Waals surface area contributed by atoms with Crippen LogP contribution >= 0.6 is 11.8 Å². The lowest BCUT2D eigenvalue weighted by molar-refractivity contribution is -0.0718. The van der Waals surface area contributed by atoms with E-state index in [0.717, 1.165) is 0 Å². The Morgan fingerprint density at radius 2 is 2.21 bits per heavy atom. The number of fused-ring (bicyclic) bond motifs is 1. The first-order valence-corrected chi connectivity index (χ1v) is 10.1. The van der Waals surface area contributed by atoms with Crippen LogP contribution in [0.15, 0.2) is 23.2 Å². The lowest BCUT2D eigenvalue weighted by Crippen LogP contribution is -2.55. The van der Waals surface area contributed by atoms with Gasteiger partial charge in [0.25, 0.3) is 0 Å². The Morgan fingerprint density at radius 3 is 2.82 bits per heavy atom. The van der Waals surface area contributed by atoms with Crippen LogP contribution in [0.1, 0.15) is 32.8 Å². The second kappa shape index (κ2) is 7.51. The third-order valence-electron chi connectivity index (χ3n) is 5.23. The van der Waals surface area contributed by atoms with Crippen LogP contribution in [-0.2, 0) is 10.3 Å². The predicted molar refractivity (Wildman–Crippen MR) is 106 cm³/mol. The molecule has 3 N–H and O–H groups in total. The normalized spacial score (nSPS) is 27.7. The summed E-state index contributed by atoms with van der Waals surface area (Å²) in [6.45, 7) is 4.77. The lowest BCUT2D eigenvalue weighted by Gasteiger charge is -2.49. The van der Waals surface area contributed by atoms with E-state index < -0.39 is 41.7 Å². The fourth-order valence-corrected chi connectivity index (χ4v) is 5.45. The quantitative estimate of drug-likeness (QED) is 0.719. The molecule has 1 saturated heterocycles. The average Bonchev–Trinajstić information content (AvgIpc) is 2.61. The number of anilines is 1. The number of benzene rings is 1. The topological polar surface area (TPSA) is 88.2 Å². The third kappa shape index (κ3) is 3.57. The number of alkyl halides is 1. The maximum absolute atomic E-state index is 14.9. The van der Waals surface area contributed by atoms with Crippen molar-refractivity contribution in [3.05, 3.63) is 29.6 Å². The minimum atomic E-state index is -1.14. The zero-order valence-corrected chi connectivity index (χ0v) is 16.9. The van der Waals surface area contributed by atoms with Crippen molar-refractivity contribution in [1.82, 2.24) is 4.90 Å². The van der Waals surface area contributed by atoms with Gasteiger partial charge in [-0.3, -0.25) is 4.90 Å². The maximum atomic E-state index is 14.9. The van der Waals surface area contributed by atoms with Gasteiger partial charge in [0, 0.05) is 41.5 Å². The molecule has 0 aliphatic carbocycles. The van der Waals surface area contributed by atoms with Crippen molar-refractivity contribution in [2.24, 2.45) is 10.9 Å². The van der Waals surface area contributed by atoms with Gasteiger partial charge in [-0.1, -0.05) is 11.8 Å². The molecule has 0 unspecified atom stereocenters. The van der Waals surface area contributed by atoms with E-state index in [9.17, 15) is 18.7 Å². The summed E-state index contributed by atoms with van der Waals surface area (Å²) in [6, 6.07) is 4.24. The molecule has 154 valence electrons. The number of hydrogen-bond acceptors (Lipinski definition) is 5. The number of amidine groups is 1. The monoisotopic (exact) mass is 413 g/mol. The molecule has 9 heteroatoms. The van der Waals surface area contributed by atoms with Crippen LogP contribution in [0.5, 0.6) is 0 Å². The zero-order chi connectivity index (χ0) is 20.7. The minimum absolute atomic E-state index is 0.198. The molecule has 1 fully saturated rings. The highest BCUT2D eigenvalue weighted by molar-refractivity contribution is 8.13. The third-order valence-corrected chi connectivity index (χ3v) is 6.28. The maximum Gasteiger partial charge on any atom is 0.413 e. The summed E-state index contributed by atoms with van der Waals surface area (Å²) >= 11 is 1.23. The molecular formula is C19H25F2N3O3S. The number of aliphatic imine (C=N–C) groups is 1. The predicted octanol–water partition coefficient (Wildman–Crippen LogP) is 3.86. The number of carboxylic acid groups (broad SMARTS) is 1. The number of amides is 1. The number of halogens is 2. The van der Waals surface area contributed by atoms with Crippen LogP contribution < -0.4 is 5.73 Å². The molecule has 0 spiro atoms. The molecule has 2 aliphatic heterocycles. The van der Waals surface area contributed by atoms with Gasteiger partial charge in [-0.15, -0.1) is 0 Å². The molecule has 3 rings (SSSR count). The van der Waals surface area contributed by atoms with E-state index in [0.29, 0.717) is 17.9 Å². The van der Waals surface area contributed by atoms with Crippen molar-refractivity contribution >= 4 is 28.7 Å². The summed E-state index contributed by atoms with van der Waals surface area (Å²) < 4.78 is 34.1. The standard InChI is InChI=1S/C19H25F2N3O3S/c1-18(2,3)24(17(25)26)16-23-19(12-8-11(22)4-5-14(12)21)6-7-27-15(9-20)13(19)10-28-16/h4-5,8,13,15H,6-7,9-10,22H2,1-3H3,(H,25,26)/t13-,15-,19-/m1/s1. The van der Waals surface area contributed by atoms with Crippen molar-refractivity contribution in [3.63, 3.8) is 0 Å². The molecule has 1 aromatic carbocycles. The zero-order valence-electron chi connectivity index (χ0n) is 16.1. The number of nitrogen functional groups attached to an aromatic ring is 1. The molecule has 28 heavy (non-hydrogen) atoms. The van der Waals surface area contributed by atoms with Gasteiger partial charge in [0.2, 0.25) is 0 Å². The largest absolute Gasteiger partial charge is 0.465 e. The highest BCUT2D eigenvalue weighted by Gasteiger charge is 2.52. The number of carbonyl (C=O) groups is 1. The number of ether oxygens (including phenoxy) is 1. The molecule has 0 bridgehead atoms. The highest BCUT2D eigenvalue weighted by atomic mass is 32.2. The summed E-state index contributed by atoms with van der Waals surface area (Å²) in [4.78, 5) is 17.9. The molecule has 0 aromatic heterocycles. The molecule has 3 atom stereocenters. The van der Waals surface area contributed by atoms with Crippen LogP contribution in [0.3, 0.4) is 0 Å². The van der Waals surface area contributed by atoms with Crippen molar-refractivity contribution in [3.8, 4) is 0 Å². The Morgan fingerprint density at radius 1 is 1.50 bits per heavy atom. The van der Waals surface area contributed by atoms with E-state index in [-0.39, 0.29) is 17.3 Å². The van der Waals surface area contributed by atoms with E-state index in [1.165, 1.54) is 34.9 Å². The molecule has 2 heterocycles. The first-order valence-electron chi connectivity index (χ1n) is 9.09. The number of thioether (sulfide) groups is 1. The molecule has 0 saturated carbocycles. The van der Waals surface area contributed by atoms with Crippen molar-refractivity contribution in [2.45, 2.75) is 44.4 Å². The van der Waals surface area contributed by atoms with Gasteiger partial charge in [0.15, 0.2) is 5.17 Å². The van der Waals surface area contributed by atoms with E-state index in [1.807, 2.05) is 0 Å². The molecule has 1 aromatic rings. The smallest absolute Gasteiger partial charge is 0.413 e. The molecule has 6 nitrogen and oxygen atoms in total. The minimum Gasteiger partial charge on any atom is -0.465 e. The van der Waals surface area contributed by atoms with Gasteiger partial charge in [-0.05, 0) is 39.0 Å². The van der Waals surface area contributed by atoms with E-state index in [4.69, 9.17) is 15.5 Å². The van der Waals surface area contributed by atoms with Crippen molar-refractivity contribution < 1.29 is 23.4 Å². The summed E-state index contributed by atoms with van der Waals surface area (Å²) in [5.74, 6) is -0.570. The number of nitrogens with two attached hydrogens (primary N) is 1. The van der Waals surface area contributed by atoms with E-state index in [2.05, 4.69) is 0 Å². The number of rotatable bonds is 2. The second-order valence-corrected chi connectivity index (χ2v) is 9.06. The fraction of sp³-hybridized carbons (Fsp3) is 0.579.